The summed E-state index contributed by atoms with van der Waals surface area (Å²) < 4.78 is 586. The lowest BCUT2D eigenvalue weighted by Gasteiger charge is -2.44. The summed E-state index contributed by atoms with van der Waals surface area (Å²) in [5.41, 5.74) is 0. The Balaban J connectivity index is -0.00000148. The van der Waals surface area contributed by atoms with Crippen LogP contribution in [0.3, 0.4) is 0 Å². The summed E-state index contributed by atoms with van der Waals surface area (Å²) in [5, 5.41) is 0. The van der Waals surface area contributed by atoms with Crippen molar-refractivity contribution in [1.29, 1.82) is 0 Å². The highest BCUT2D eigenvalue weighted by molar-refractivity contribution is 6.60. The van der Waals surface area contributed by atoms with Gasteiger partial charge in [-0.15, -0.1) is 0 Å². The molecule has 0 spiro atoms. The third-order valence-electron chi connectivity index (χ3n) is 10.5. The zero-order chi connectivity index (χ0) is 68.1. The normalized spacial score (nSPS) is 16.2. The number of hydrogen-bond acceptors (Lipinski definition) is 6. The fourth-order valence-corrected chi connectivity index (χ4v) is 8.69. The van der Waals surface area contributed by atoms with Gasteiger partial charge >= 0.3 is 137 Å². The van der Waals surface area contributed by atoms with E-state index in [0.29, 0.717) is 42.7 Å². The predicted octanol–water partition coefficient (Wildman–Crippen LogP) is 16.1. The third-order valence-corrected chi connectivity index (χ3v) is 16.0. The Hall–Kier alpha value is -2.75. The SMILES string of the molecule is CC.CO[Si](CCC(F)(F)C(F)(F)C(F)(F)C(F)(F)C(F)(F)C(F)(F)C(F)(F)C(F)(F)C(F)(F)C(F)(F)F)(OC)OC.CO[Si](CCC(F)(F)C(F)(F)C(F)(F)C(F)(F)C(F)(F)C(F)(F)C(F)(F)C(F)(F)C(F)(F)C(F)(F)F)(OC)OC. The molecule has 0 aromatic rings. The van der Waals surface area contributed by atoms with Crippen LogP contribution in [0.5, 0.6) is 0 Å². The molecule has 0 saturated carbocycles. The minimum atomic E-state index is -9.19. The van der Waals surface area contributed by atoms with E-state index in [0.717, 1.165) is 0 Å². The van der Waals surface area contributed by atoms with Crippen molar-refractivity contribution in [2.75, 3.05) is 42.7 Å². The molecular formula is C32H32F42O6Si2. The van der Waals surface area contributed by atoms with E-state index >= 15 is 0 Å². The molecule has 0 N–H and O–H groups in total. The molecule has 0 aromatic carbocycles. The van der Waals surface area contributed by atoms with Gasteiger partial charge in [-0.1, -0.05) is 13.8 Å². The molecule has 0 rings (SSSR count). The smallest absolute Gasteiger partial charge is 0.377 e. The van der Waals surface area contributed by atoms with Crippen molar-refractivity contribution >= 4 is 17.6 Å². The van der Waals surface area contributed by atoms with Gasteiger partial charge in [0.25, 0.3) is 0 Å². The van der Waals surface area contributed by atoms with E-state index in [4.69, 9.17) is 0 Å². The molecule has 0 bridgehead atoms. The topological polar surface area (TPSA) is 55.4 Å². The van der Waals surface area contributed by atoms with Crippen molar-refractivity contribution in [2.45, 2.75) is 158 Å². The summed E-state index contributed by atoms with van der Waals surface area (Å²) >= 11 is 0. The fraction of sp³-hybridized carbons (Fsp3) is 1.00. The molecule has 82 heavy (non-hydrogen) atoms. The largest absolute Gasteiger partial charge is 0.500 e. The van der Waals surface area contributed by atoms with Gasteiger partial charge in [-0.05, 0) is 0 Å². The minimum absolute atomic E-state index is 0.583. The van der Waals surface area contributed by atoms with Crippen molar-refractivity contribution in [1.82, 2.24) is 0 Å². The van der Waals surface area contributed by atoms with Crippen LogP contribution < -0.4 is 0 Å². The van der Waals surface area contributed by atoms with E-state index in [1.165, 1.54) is 0 Å². The molecule has 0 heterocycles. The first-order valence-electron chi connectivity index (χ1n) is 19.5. The van der Waals surface area contributed by atoms with Crippen LogP contribution in [0.2, 0.25) is 12.1 Å². The molecular weight excluding hydrogens is 1330 g/mol. The van der Waals surface area contributed by atoms with E-state index in [9.17, 15) is 184 Å². The van der Waals surface area contributed by atoms with Gasteiger partial charge in [-0.2, -0.15) is 184 Å². The molecule has 0 atom stereocenters. The summed E-state index contributed by atoms with van der Waals surface area (Å²) in [7, 11) is -5.54. The lowest BCUT2D eigenvalue weighted by atomic mass is 9.86. The highest BCUT2D eigenvalue weighted by Crippen LogP contribution is 2.69. The van der Waals surface area contributed by atoms with Gasteiger partial charge in [-0.25, -0.2) is 0 Å². The van der Waals surface area contributed by atoms with Crippen LogP contribution >= 0.6 is 0 Å². The lowest BCUT2D eigenvalue weighted by Crippen LogP contribution is -2.76. The average Bonchev–Trinajstić information content (AvgIpc) is 3.31. The average molecular weight is 1370 g/mol. The summed E-state index contributed by atoms with van der Waals surface area (Å²) in [6, 6.07) is -3.49. The Kier molecular flexibility index (Phi) is 24.5. The van der Waals surface area contributed by atoms with E-state index in [2.05, 4.69) is 26.6 Å². The zero-order valence-corrected chi connectivity index (χ0v) is 42.2. The molecule has 498 valence electrons. The van der Waals surface area contributed by atoms with Crippen LogP contribution in [0.15, 0.2) is 0 Å². The van der Waals surface area contributed by atoms with Crippen molar-refractivity contribution < 1.29 is 211 Å². The standard InChI is InChI=1S/2C15H13F21O3Si.C2H6/c2*1-37-40(38-2,39-3)5-4-6(16,17)7(18,19)8(20,21)9(22,23)10(24,25)11(26,27)12(28,29)13(30,31)14(32,33)15(34,35)36;1-2/h2*4-5H2,1-3H3;1-2H3. The van der Waals surface area contributed by atoms with Gasteiger partial charge in [0.1, 0.15) is 0 Å². The van der Waals surface area contributed by atoms with Gasteiger partial charge in [0.15, 0.2) is 0 Å². The van der Waals surface area contributed by atoms with Gasteiger partial charge in [0, 0.05) is 67.6 Å². The molecule has 0 aliphatic carbocycles. The minimum Gasteiger partial charge on any atom is -0.377 e. The second kappa shape index (κ2) is 24.1. The second-order valence-corrected chi connectivity index (χ2v) is 21.4. The summed E-state index contributed by atoms with van der Waals surface area (Å²) in [4.78, 5) is 0. The quantitative estimate of drug-likeness (QED) is 0.0575. The number of alkyl halides is 42. The number of rotatable bonds is 28. The first-order valence-corrected chi connectivity index (χ1v) is 23.4. The number of halogens is 42. The molecule has 0 radical (unpaired) electrons. The highest BCUT2D eigenvalue weighted by Gasteiger charge is 3.00. The molecule has 0 amide bonds. The van der Waals surface area contributed by atoms with Gasteiger partial charge in [0.05, 0.1) is 0 Å². The van der Waals surface area contributed by atoms with Crippen LogP contribution in [0.1, 0.15) is 26.7 Å². The first-order chi connectivity index (χ1) is 35.3. The fourth-order valence-electron chi connectivity index (χ4n) is 5.23. The molecule has 0 unspecified atom stereocenters. The summed E-state index contributed by atoms with van der Waals surface area (Å²) in [5.74, 6) is -154. The predicted molar refractivity (Wildman–Crippen MR) is 185 cm³/mol. The van der Waals surface area contributed by atoms with Crippen LogP contribution in [0.25, 0.3) is 0 Å². The van der Waals surface area contributed by atoms with E-state index in [-0.39, 0.29) is 0 Å². The lowest BCUT2D eigenvalue weighted by molar-refractivity contribution is -0.474. The zero-order valence-electron chi connectivity index (χ0n) is 40.2. The van der Waals surface area contributed by atoms with Crippen molar-refractivity contribution in [3.63, 3.8) is 0 Å². The third kappa shape index (κ3) is 12.3. The van der Waals surface area contributed by atoms with Crippen molar-refractivity contribution in [2.24, 2.45) is 0 Å². The maximum Gasteiger partial charge on any atom is 0.500 e. The molecule has 0 aliphatic rings. The van der Waals surface area contributed by atoms with E-state index in [1.54, 1.807) is 0 Å². The Morgan fingerprint density at radius 1 is 0.195 bits per heavy atom. The molecule has 0 aromatic heterocycles. The van der Waals surface area contributed by atoms with Crippen LogP contribution in [0, 0.1) is 0 Å². The maximum atomic E-state index is 13.9. The highest BCUT2D eigenvalue weighted by atomic mass is 28.4. The van der Waals surface area contributed by atoms with Gasteiger partial charge in [0.2, 0.25) is 0 Å². The monoisotopic (exact) mass is 1370 g/mol. The molecule has 0 fully saturated rings. The Morgan fingerprint density at radius 3 is 0.415 bits per heavy atom. The van der Waals surface area contributed by atoms with Crippen molar-refractivity contribution in [3.05, 3.63) is 0 Å². The summed E-state index contributed by atoms with van der Waals surface area (Å²) in [6.45, 7) is 4.00. The molecule has 0 saturated heterocycles. The van der Waals surface area contributed by atoms with Crippen LogP contribution in [-0.4, -0.2) is 179 Å². The van der Waals surface area contributed by atoms with Crippen LogP contribution in [-0.2, 0) is 26.6 Å². The van der Waals surface area contributed by atoms with E-state index < -0.39 is 161 Å². The first kappa shape index (κ1) is 83.5. The summed E-state index contributed by atoms with van der Waals surface area (Å²) in [6.07, 6.45) is -21.7. The van der Waals surface area contributed by atoms with Gasteiger partial charge in [-0.3, -0.25) is 0 Å². The Labute approximate surface area is 429 Å². The second-order valence-electron chi connectivity index (χ2n) is 15.2. The Morgan fingerprint density at radius 2 is 0.305 bits per heavy atom. The Bertz CT molecular complexity index is 1890. The maximum absolute atomic E-state index is 13.9. The molecule has 50 heteroatoms. The van der Waals surface area contributed by atoms with Crippen molar-refractivity contribution in [3.8, 4) is 0 Å². The number of hydrogen-bond donors (Lipinski definition) is 0. The molecule has 6 nitrogen and oxygen atoms in total. The van der Waals surface area contributed by atoms with Crippen LogP contribution in [0.4, 0.5) is 184 Å². The molecule has 0 aliphatic heterocycles. The van der Waals surface area contributed by atoms with E-state index in [1.807, 2.05) is 13.8 Å². The van der Waals surface area contributed by atoms with Gasteiger partial charge < -0.3 is 26.6 Å².